The zero-order chi connectivity index (χ0) is 13.7. The molecule has 100 valence electrons. The van der Waals surface area contributed by atoms with Crippen molar-refractivity contribution in [1.82, 2.24) is 5.32 Å². The Morgan fingerprint density at radius 1 is 1.58 bits per heavy atom. The van der Waals surface area contributed by atoms with Crippen molar-refractivity contribution >= 4 is 17.7 Å². The molecule has 4 heteroatoms. The van der Waals surface area contributed by atoms with Crippen molar-refractivity contribution in [3.05, 3.63) is 34.9 Å². The van der Waals surface area contributed by atoms with Crippen molar-refractivity contribution in [1.29, 1.82) is 0 Å². The highest BCUT2D eigenvalue weighted by Crippen LogP contribution is 2.18. The molecule has 0 aromatic heterocycles. The summed E-state index contributed by atoms with van der Waals surface area (Å²) in [6, 6.07) is 5.99. The van der Waals surface area contributed by atoms with Crippen LogP contribution in [0.15, 0.2) is 18.2 Å². The van der Waals surface area contributed by atoms with Crippen LogP contribution in [0.4, 0.5) is 0 Å². The molecule has 0 saturated carbocycles. The van der Waals surface area contributed by atoms with Gasteiger partial charge in [0, 0.05) is 22.9 Å². The molecule has 0 bridgehead atoms. The van der Waals surface area contributed by atoms with Gasteiger partial charge >= 0.3 is 0 Å². The molecule has 3 N–H and O–H groups in total. The Labute approximate surface area is 118 Å². The minimum absolute atomic E-state index is 0.00129. The number of nitrogens with one attached hydrogen (secondary N) is 1. The first-order chi connectivity index (χ1) is 9.20. The van der Waals surface area contributed by atoms with Crippen LogP contribution in [0, 0.1) is 18.8 Å². The van der Waals surface area contributed by atoms with Gasteiger partial charge in [-0.1, -0.05) is 17.9 Å². The standard InChI is InChI=1S/C15H18N2OS/c1-11-4-5-12(3-2-7-16)9-14(11)15(18)17-13-6-8-19-10-13/h4-5,9,13H,6-8,10,16H2,1H3,(H,17,18). The number of carbonyl (C=O) groups is 1. The lowest BCUT2D eigenvalue weighted by atomic mass is 10.0. The van der Waals surface area contributed by atoms with Crippen molar-refractivity contribution < 1.29 is 4.79 Å². The molecule has 19 heavy (non-hydrogen) atoms. The van der Waals surface area contributed by atoms with Crippen LogP contribution in [0.3, 0.4) is 0 Å². The third-order valence-corrected chi connectivity index (χ3v) is 4.24. The Morgan fingerprint density at radius 3 is 3.11 bits per heavy atom. The summed E-state index contributed by atoms with van der Waals surface area (Å²) >= 11 is 1.89. The van der Waals surface area contributed by atoms with Gasteiger partial charge in [-0.05, 0) is 36.8 Å². The van der Waals surface area contributed by atoms with Gasteiger partial charge in [-0.2, -0.15) is 11.8 Å². The molecule has 0 aliphatic carbocycles. The molecule has 1 amide bonds. The lowest BCUT2D eigenvalue weighted by Crippen LogP contribution is -2.35. The van der Waals surface area contributed by atoms with Crippen molar-refractivity contribution in [3.63, 3.8) is 0 Å². The highest BCUT2D eigenvalue weighted by atomic mass is 32.2. The van der Waals surface area contributed by atoms with Crippen LogP contribution >= 0.6 is 11.8 Å². The average Bonchev–Trinajstić information content (AvgIpc) is 2.90. The lowest BCUT2D eigenvalue weighted by molar-refractivity contribution is 0.0940. The zero-order valence-corrected chi connectivity index (χ0v) is 11.8. The minimum Gasteiger partial charge on any atom is -0.348 e. The molecule has 0 radical (unpaired) electrons. The number of amides is 1. The second-order valence-corrected chi connectivity index (χ2v) is 5.72. The van der Waals surface area contributed by atoms with E-state index in [1.54, 1.807) is 0 Å². The van der Waals surface area contributed by atoms with Crippen molar-refractivity contribution in [2.24, 2.45) is 5.73 Å². The quantitative estimate of drug-likeness (QED) is 0.804. The van der Waals surface area contributed by atoms with E-state index in [0.29, 0.717) is 18.2 Å². The molecule has 1 saturated heterocycles. The number of hydrogen-bond donors (Lipinski definition) is 2. The van der Waals surface area contributed by atoms with E-state index in [1.807, 2.05) is 36.9 Å². The first kappa shape index (κ1) is 14.0. The van der Waals surface area contributed by atoms with Gasteiger partial charge in [0.05, 0.1) is 6.54 Å². The predicted octanol–water partition coefficient (Wildman–Crippen LogP) is 1.54. The van der Waals surface area contributed by atoms with Gasteiger partial charge < -0.3 is 11.1 Å². The van der Waals surface area contributed by atoms with Crippen LogP contribution < -0.4 is 11.1 Å². The summed E-state index contributed by atoms with van der Waals surface area (Å²) in [6.45, 7) is 2.27. The Morgan fingerprint density at radius 2 is 2.42 bits per heavy atom. The number of rotatable bonds is 2. The molecular formula is C15H18N2OS. The van der Waals surface area contributed by atoms with E-state index < -0.39 is 0 Å². The van der Waals surface area contributed by atoms with Crippen molar-refractivity contribution in [3.8, 4) is 11.8 Å². The number of thioether (sulfide) groups is 1. The van der Waals surface area contributed by atoms with Gasteiger partial charge in [-0.3, -0.25) is 4.79 Å². The largest absolute Gasteiger partial charge is 0.348 e. The number of benzene rings is 1. The third kappa shape index (κ3) is 3.76. The van der Waals surface area contributed by atoms with Crippen LogP contribution in [0.25, 0.3) is 0 Å². The van der Waals surface area contributed by atoms with E-state index in [1.165, 1.54) is 0 Å². The summed E-state index contributed by atoms with van der Waals surface area (Å²) in [6.07, 6.45) is 1.06. The van der Waals surface area contributed by atoms with Gasteiger partial charge in [-0.25, -0.2) is 0 Å². The summed E-state index contributed by atoms with van der Waals surface area (Å²) in [5.74, 6) is 7.91. The summed E-state index contributed by atoms with van der Waals surface area (Å²) in [7, 11) is 0. The maximum atomic E-state index is 12.3. The highest BCUT2D eigenvalue weighted by Gasteiger charge is 2.19. The summed E-state index contributed by atoms with van der Waals surface area (Å²) in [4.78, 5) is 12.3. The molecule has 1 fully saturated rings. The fourth-order valence-electron chi connectivity index (χ4n) is 2.01. The number of hydrogen-bond acceptors (Lipinski definition) is 3. The lowest BCUT2D eigenvalue weighted by Gasteiger charge is -2.13. The van der Waals surface area contributed by atoms with E-state index in [4.69, 9.17) is 5.73 Å². The zero-order valence-electron chi connectivity index (χ0n) is 11.0. The predicted molar refractivity (Wildman–Crippen MR) is 80.3 cm³/mol. The van der Waals surface area contributed by atoms with E-state index in [-0.39, 0.29) is 5.91 Å². The molecule has 1 aliphatic rings. The van der Waals surface area contributed by atoms with Crippen LogP contribution in [0.2, 0.25) is 0 Å². The van der Waals surface area contributed by atoms with Gasteiger partial charge in [0.2, 0.25) is 0 Å². The van der Waals surface area contributed by atoms with Crippen LogP contribution in [-0.2, 0) is 0 Å². The monoisotopic (exact) mass is 274 g/mol. The van der Waals surface area contributed by atoms with E-state index in [9.17, 15) is 4.79 Å². The maximum absolute atomic E-state index is 12.3. The van der Waals surface area contributed by atoms with E-state index >= 15 is 0 Å². The third-order valence-electron chi connectivity index (χ3n) is 3.08. The first-order valence-electron chi connectivity index (χ1n) is 6.39. The Hall–Kier alpha value is -1.44. The summed E-state index contributed by atoms with van der Waals surface area (Å²) in [5, 5.41) is 3.09. The minimum atomic E-state index is 0.00129. The van der Waals surface area contributed by atoms with Crippen LogP contribution in [-0.4, -0.2) is 30.0 Å². The molecule has 1 heterocycles. The smallest absolute Gasteiger partial charge is 0.251 e. The van der Waals surface area contributed by atoms with Gasteiger partial charge in [-0.15, -0.1) is 0 Å². The van der Waals surface area contributed by atoms with Gasteiger partial charge in [0.15, 0.2) is 0 Å². The molecule has 1 aliphatic heterocycles. The molecular weight excluding hydrogens is 256 g/mol. The molecule has 0 spiro atoms. The Balaban J connectivity index is 2.15. The number of nitrogens with two attached hydrogens (primary N) is 1. The van der Waals surface area contributed by atoms with Crippen LogP contribution in [0.1, 0.15) is 27.9 Å². The molecule has 1 atom stereocenters. The maximum Gasteiger partial charge on any atom is 0.251 e. The fourth-order valence-corrected chi connectivity index (χ4v) is 3.16. The second-order valence-electron chi connectivity index (χ2n) is 4.57. The van der Waals surface area contributed by atoms with Crippen molar-refractivity contribution in [2.45, 2.75) is 19.4 Å². The molecule has 2 rings (SSSR count). The van der Waals surface area contributed by atoms with Gasteiger partial charge in [0.25, 0.3) is 5.91 Å². The summed E-state index contributed by atoms with van der Waals surface area (Å²) in [5.41, 5.74) is 7.88. The molecule has 1 aromatic carbocycles. The number of carbonyl (C=O) groups excluding carboxylic acids is 1. The normalized spacial score (nSPS) is 17.7. The molecule has 3 nitrogen and oxygen atoms in total. The first-order valence-corrected chi connectivity index (χ1v) is 7.54. The Bertz CT molecular complexity index is 525. The van der Waals surface area contributed by atoms with Gasteiger partial charge in [0.1, 0.15) is 0 Å². The van der Waals surface area contributed by atoms with E-state index in [0.717, 1.165) is 29.1 Å². The fraction of sp³-hybridized carbons (Fsp3) is 0.400. The molecule has 1 unspecified atom stereocenters. The van der Waals surface area contributed by atoms with Crippen LogP contribution in [0.5, 0.6) is 0 Å². The SMILES string of the molecule is Cc1ccc(C#CCN)cc1C(=O)NC1CCSC1. The number of aryl methyl sites for hydroxylation is 1. The summed E-state index contributed by atoms with van der Waals surface area (Å²) < 4.78 is 0. The average molecular weight is 274 g/mol. The Kier molecular flexibility index (Phi) is 4.89. The highest BCUT2D eigenvalue weighted by molar-refractivity contribution is 7.99. The molecule has 1 aromatic rings. The van der Waals surface area contributed by atoms with E-state index in [2.05, 4.69) is 17.2 Å². The van der Waals surface area contributed by atoms with Crippen molar-refractivity contribution in [2.75, 3.05) is 18.1 Å². The second kappa shape index (κ2) is 6.65. The topological polar surface area (TPSA) is 55.1 Å².